The lowest BCUT2D eigenvalue weighted by atomic mass is 9.80. The third-order valence-corrected chi connectivity index (χ3v) is 8.08. The van der Waals surface area contributed by atoms with Crippen molar-refractivity contribution < 1.29 is 4.57 Å². The minimum absolute atomic E-state index is 0.449. The second-order valence-corrected chi connectivity index (χ2v) is 12.1. The van der Waals surface area contributed by atoms with E-state index in [1.807, 2.05) is 0 Å². The fourth-order valence-corrected chi connectivity index (χ4v) is 5.44. The van der Waals surface area contributed by atoms with Gasteiger partial charge in [-0.1, -0.05) is 79.7 Å². The van der Waals surface area contributed by atoms with Crippen molar-refractivity contribution in [1.29, 1.82) is 0 Å². The Labute approximate surface area is 224 Å². The Kier molecular flexibility index (Phi) is 7.60. The van der Waals surface area contributed by atoms with Crippen molar-refractivity contribution in [2.45, 2.75) is 92.9 Å². The first-order valence-electron chi connectivity index (χ1n) is 14.0. The van der Waals surface area contributed by atoms with Crippen LogP contribution >= 0.6 is 0 Å². The zero-order valence-corrected chi connectivity index (χ0v) is 24.8. The molecule has 0 aliphatic heterocycles. The third kappa shape index (κ3) is 5.08. The van der Waals surface area contributed by atoms with Crippen LogP contribution in [0.3, 0.4) is 0 Å². The molecule has 4 aromatic rings. The summed E-state index contributed by atoms with van der Waals surface area (Å²) in [5.74, 6) is 1.90. The lowest BCUT2D eigenvalue weighted by Crippen LogP contribution is -2.32. The molecule has 0 atom stereocenters. The highest BCUT2D eigenvalue weighted by Gasteiger charge is 2.23. The first-order chi connectivity index (χ1) is 17.4. The van der Waals surface area contributed by atoms with E-state index in [0.717, 1.165) is 16.7 Å². The van der Waals surface area contributed by atoms with Crippen molar-refractivity contribution in [2.75, 3.05) is 0 Å². The van der Waals surface area contributed by atoms with Crippen molar-refractivity contribution in [2.24, 2.45) is 7.05 Å². The van der Waals surface area contributed by atoms with E-state index in [1.165, 1.54) is 50.1 Å². The fourth-order valence-electron chi connectivity index (χ4n) is 5.44. The molecule has 4 rings (SSSR count). The molecule has 1 heterocycles. The number of hydrogen-bond acceptors (Lipinski definition) is 1. The Morgan fingerprint density at radius 1 is 0.676 bits per heavy atom. The summed E-state index contributed by atoms with van der Waals surface area (Å²) < 4.78 is 2.31. The number of nitrogens with zero attached hydrogens (tertiary/aromatic N) is 2. The monoisotopic (exact) mass is 493 g/mol. The first-order valence-corrected chi connectivity index (χ1v) is 14.0. The zero-order chi connectivity index (χ0) is 27.2. The second-order valence-electron chi connectivity index (χ2n) is 12.1. The zero-order valence-electron chi connectivity index (χ0n) is 24.8. The second kappa shape index (κ2) is 10.4. The molecule has 1 aromatic heterocycles. The van der Waals surface area contributed by atoms with E-state index in [0.29, 0.717) is 23.7 Å². The van der Waals surface area contributed by atoms with Gasteiger partial charge in [-0.2, -0.15) is 4.57 Å². The molecule has 0 fully saturated rings. The van der Waals surface area contributed by atoms with E-state index < -0.39 is 0 Å². The predicted molar refractivity (Wildman–Crippen MR) is 160 cm³/mol. The van der Waals surface area contributed by atoms with Crippen LogP contribution in [-0.4, -0.2) is 4.98 Å². The summed E-state index contributed by atoms with van der Waals surface area (Å²) >= 11 is 0. The summed E-state index contributed by atoms with van der Waals surface area (Å²) in [6, 6.07) is 16.4. The van der Waals surface area contributed by atoms with E-state index in [1.54, 1.807) is 0 Å². The third-order valence-electron chi connectivity index (χ3n) is 8.08. The molecule has 37 heavy (non-hydrogen) atoms. The number of aromatic nitrogens is 2. The van der Waals surface area contributed by atoms with Crippen LogP contribution in [0.2, 0.25) is 0 Å². The molecule has 0 spiro atoms. The van der Waals surface area contributed by atoms with Gasteiger partial charge in [-0.3, -0.25) is 0 Å². The highest BCUT2D eigenvalue weighted by molar-refractivity contribution is 5.80. The summed E-state index contributed by atoms with van der Waals surface area (Å²) in [4.78, 5) is 4.94. The van der Waals surface area contributed by atoms with Gasteiger partial charge in [-0.05, 0) is 94.2 Å². The molecular formula is C35H45N2+. The van der Waals surface area contributed by atoms with Gasteiger partial charge in [0.15, 0.2) is 0 Å². The molecule has 0 saturated heterocycles. The molecule has 194 valence electrons. The van der Waals surface area contributed by atoms with Crippen LogP contribution in [0, 0.1) is 13.8 Å². The maximum atomic E-state index is 4.94. The number of fused-ring (bicyclic) bond motifs is 1. The van der Waals surface area contributed by atoms with Crippen LogP contribution in [0.15, 0.2) is 48.7 Å². The Morgan fingerprint density at radius 2 is 1.27 bits per heavy atom. The quantitative estimate of drug-likeness (QED) is 0.244. The minimum Gasteiger partial charge on any atom is -0.243 e. The van der Waals surface area contributed by atoms with Crippen molar-refractivity contribution in [3.63, 3.8) is 0 Å². The molecule has 0 N–H and O–H groups in total. The summed E-state index contributed by atoms with van der Waals surface area (Å²) in [6.07, 6.45) is 2.06. The smallest absolute Gasteiger partial charge is 0.231 e. The van der Waals surface area contributed by atoms with Gasteiger partial charge < -0.3 is 0 Å². The largest absolute Gasteiger partial charge is 0.243 e. The average molecular weight is 494 g/mol. The Bertz CT molecular complexity index is 1430. The van der Waals surface area contributed by atoms with E-state index >= 15 is 0 Å². The van der Waals surface area contributed by atoms with Gasteiger partial charge in [-0.25, -0.2) is 4.98 Å². The first kappa shape index (κ1) is 27.0. The van der Waals surface area contributed by atoms with Crippen LogP contribution in [0.1, 0.15) is 112 Å². The van der Waals surface area contributed by atoms with Gasteiger partial charge in [0.1, 0.15) is 18.8 Å². The molecule has 2 heteroatoms. The molecular weight excluding hydrogens is 448 g/mol. The fraction of sp³-hybridized carbons (Fsp3) is 0.429. The van der Waals surface area contributed by atoms with Crippen molar-refractivity contribution in [3.8, 4) is 22.4 Å². The topological polar surface area (TPSA) is 16.8 Å². The molecule has 0 bridgehead atoms. The van der Waals surface area contributed by atoms with Crippen molar-refractivity contribution in [1.82, 2.24) is 4.98 Å². The summed E-state index contributed by atoms with van der Waals surface area (Å²) in [6.45, 7) is 22.9. The Hall–Kier alpha value is -3.00. The number of rotatable bonds is 6. The van der Waals surface area contributed by atoms with E-state index in [-0.39, 0.29) is 0 Å². The van der Waals surface area contributed by atoms with Crippen molar-refractivity contribution >= 4 is 11.0 Å². The van der Waals surface area contributed by atoms with Crippen LogP contribution in [0.25, 0.3) is 33.4 Å². The molecule has 0 aliphatic rings. The van der Waals surface area contributed by atoms with E-state index in [4.69, 9.17) is 4.98 Å². The maximum absolute atomic E-state index is 4.94. The summed E-state index contributed by atoms with van der Waals surface area (Å²) in [5, 5.41) is 0. The van der Waals surface area contributed by atoms with Crippen LogP contribution in [-0.2, 0) is 7.05 Å². The summed E-state index contributed by atoms with van der Waals surface area (Å²) in [5.41, 5.74) is 15.7. The average Bonchev–Trinajstić information content (AvgIpc) is 2.84. The molecule has 0 aliphatic carbocycles. The van der Waals surface area contributed by atoms with Crippen molar-refractivity contribution in [3.05, 3.63) is 82.0 Å². The minimum atomic E-state index is 0.449. The number of aryl methyl sites for hydroxylation is 2. The maximum Gasteiger partial charge on any atom is 0.231 e. The standard InChI is InChI=1S/C35H45N2/c1-20(2)26-12-13-33-32(18-26)36-19-34(37(33)11)31-17-28(14-24(9)25(31)10)35-29(22(5)6)15-27(21(3)4)16-30(35)23(7)8/h12-23H,1-11H3/q+1. The molecule has 3 aromatic carbocycles. The van der Waals surface area contributed by atoms with E-state index in [9.17, 15) is 0 Å². The van der Waals surface area contributed by atoms with Crippen LogP contribution < -0.4 is 4.57 Å². The lowest BCUT2D eigenvalue weighted by molar-refractivity contribution is -0.634. The van der Waals surface area contributed by atoms with Gasteiger partial charge >= 0.3 is 0 Å². The van der Waals surface area contributed by atoms with Crippen LogP contribution in [0.5, 0.6) is 0 Å². The molecule has 0 saturated carbocycles. The SMILES string of the molecule is Cc1cc(-c2c(C(C)C)cc(C(C)C)cc2C(C)C)cc(-c2cnc3cc(C(C)C)ccc3[n+]2C)c1C. The van der Waals surface area contributed by atoms with Gasteiger partial charge in [0.05, 0.1) is 5.56 Å². The number of benzene rings is 3. The molecule has 2 nitrogen and oxygen atoms in total. The predicted octanol–water partition coefficient (Wildman–Crippen LogP) is 9.50. The summed E-state index contributed by atoms with van der Waals surface area (Å²) in [7, 11) is 2.17. The molecule has 0 radical (unpaired) electrons. The van der Waals surface area contributed by atoms with Gasteiger partial charge in [0, 0.05) is 6.07 Å². The lowest BCUT2D eigenvalue weighted by Gasteiger charge is -2.24. The highest BCUT2D eigenvalue weighted by atomic mass is 15.0. The number of hydrogen-bond donors (Lipinski definition) is 0. The van der Waals surface area contributed by atoms with Gasteiger partial charge in [0.25, 0.3) is 0 Å². The van der Waals surface area contributed by atoms with Crippen LogP contribution in [0.4, 0.5) is 0 Å². The van der Waals surface area contributed by atoms with Gasteiger partial charge in [0.2, 0.25) is 11.2 Å². The van der Waals surface area contributed by atoms with E-state index in [2.05, 4.69) is 130 Å². The Morgan fingerprint density at radius 3 is 1.81 bits per heavy atom. The molecule has 0 amide bonds. The normalized spacial score (nSPS) is 12.1. The Balaban J connectivity index is 1.99. The molecule has 0 unspecified atom stereocenters. The highest BCUT2D eigenvalue weighted by Crippen LogP contribution is 2.41. The van der Waals surface area contributed by atoms with Gasteiger partial charge in [-0.15, -0.1) is 0 Å².